The summed E-state index contributed by atoms with van der Waals surface area (Å²) < 4.78 is 4.48. The van der Waals surface area contributed by atoms with Crippen molar-refractivity contribution >= 4 is 17.2 Å². The van der Waals surface area contributed by atoms with Crippen LogP contribution < -0.4 is 0 Å². The third kappa shape index (κ3) is 2.71. The minimum absolute atomic E-state index is 0.0527. The molecule has 1 rings (SSSR count). The Hall–Kier alpha value is -2.68. The minimum atomic E-state index is -0.728. The van der Waals surface area contributed by atoms with Crippen LogP contribution in [0.4, 0.5) is 5.69 Å². The van der Waals surface area contributed by atoms with Crippen molar-refractivity contribution in [1.29, 1.82) is 5.26 Å². The highest BCUT2D eigenvalue weighted by atomic mass is 16.6. The van der Waals surface area contributed by atoms with Crippen molar-refractivity contribution in [1.82, 2.24) is 0 Å². The lowest BCUT2D eigenvalue weighted by molar-refractivity contribution is -0.384. The molecule has 0 N–H and O–H groups in total. The van der Waals surface area contributed by atoms with Crippen LogP contribution in [0, 0.1) is 21.4 Å². The van der Waals surface area contributed by atoms with Crippen molar-refractivity contribution in [3.63, 3.8) is 0 Å². The minimum Gasteiger partial charge on any atom is -0.465 e. The van der Waals surface area contributed by atoms with Crippen molar-refractivity contribution in [2.45, 2.75) is 6.92 Å². The molecule has 92 valence electrons. The summed E-state index contributed by atoms with van der Waals surface area (Å²) in [6, 6.07) is 7.34. The first-order valence-electron chi connectivity index (χ1n) is 4.95. The Kier molecular flexibility index (Phi) is 4.16. The number of non-ortho nitro benzene ring substituents is 1. The quantitative estimate of drug-likeness (QED) is 0.267. The van der Waals surface area contributed by atoms with Gasteiger partial charge >= 0.3 is 5.97 Å². The molecule has 0 heterocycles. The summed E-state index contributed by atoms with van der Waals surface area (Å²) in [4.78, 5) is 21.3. The fourth-order valence-corrected chi connectivity index (χ4v) is 1.36. The lowest BCUT2D eigenvalue weighted by atomic mass is 10.0. The standard InChI is InChI=1S/C12H10N2O4/c1-8(11(7-13)12(15)18-2)9-3-5-10(6-4-9)14(16)17/h3-6H,1-2H3/b11-8-. The van der Waals surface area contributed by atoms with E-state index in [1.54, 1.807) is 13.0 Å². The monoisotopic (exact) mass is 246 g/mol. The molecule has 0 fully saturated rings. The molecular weight excluding hydrogens is 236 g/mol. The van der Waals surface area contributed by atoms with E-state index in [9.17, 15) is 14.9 Å². The molecule has 18 heavy (non-hydrogen) atoms. The van der Waals surface area contributed by atoms with Gasteiger partial charge in [-0.2, -0.15) is 5.26 Å². The van der Waals surface area contributed by atoms with E-state index in [1.807, 2.05) is 0 Å². The molecule has 6 nitrogen and oxygen atoms in total. The van der Waals surface area contributed by atoms with Gasteiger partial charge in [0.1, 0.15) is 11.6 Å². The number of methoxy groups -OCH3 is 1. The zero-order chi connectivity index (χ0) is 13.7. The molecule has 0 amide bonds. The van der Waals surface area contributed by atoms with E-state index in [0.29, 0.717) is 11.1 Å². The van der Waals surface area contributed by atoms with E-state index in [0.717, 1.165) is 0 Å². The summed E-state index contributed by atoms with van der Waals surface area (Å²) in [5.74, 6) is -0.728. The van der Waals surface area contributed by atoms with Crippen molar-refractivity contribution in [2.24, 2.45) is 0 Å². The average molecular weight is 246 g/mol. The molecule has 1 aromatic rings. The van der Waals surface area contributed by atoms with E-state index in [4.69, 9.17) is 5.26 Å². The second-order valence-electron chi connectivity index (χ2n) is 3.41. The first kappa shape index (κ1) is 13.4. The number of esters is 1. The number of nitriles is 1. The number of carbonyl (C=O) groups is 1. The third-order valence-electron chi connectivity index (χ3n) is 2.39. The van der Waals surface area contributed by atoms with E-state index in [1.165, 1.54) is 31.4 Å². The first-order chi connectivity index (χ1) is 8.51. The van der Waals surface area contributed by atoms with E-state index in [-0.39, 0.29) is 11.3 Å². The molecule has 0 aliphatic carbocycles. The predicted molar refractivity (Wildman–Crippen MR) is 63.3 cm³/mol. The van der Waals surface area contributed by atoms with Crippen LogP contribution in [0.2, 0.25) is 0 Å². The number of carbonyl (C=O) groups excluding carboxylic acids is 1. The number of nitro groups is 1. The maximum Gasteiger partial charge on any atom is 0.348 e. The zero-order valence-corrected chi connectivity index (χ0v) is 9.84. The van der Waals surface area contributed by atoms with Crippen LogP contribution in [0.5, 0.6) is 0 Å². The Morgan fingerprint density at radius 2 is 1.94 bits per heavy atom. The van der Waals surface area contributed by atoms with Gasteiger partial charge in [0.25, 0.3) is 5.69 Å². The van der Waals surface area contributed by atoms with Gasteiger partial charge in [-0.05, 0) is 30.2 Å². The Bertz CT molecular complexity index is 552. The number of hydrogen-bond acceptors (Lipinski definition) is 5. The lowest BCUT2D eigenvalue weighted by Crippen LogP contribution is -2.05. The summed E-state index contributed by atoms with van der Waals surface area (Å²) in [5.41, 5.74) is 0.802. The van der Waals surface area contributed by atoms with Crippen LogP contribution >= 0.6 is 0 Å². The molecule has 0 unspecified atom stereocenters. The maximum absolute atomic E-state index is 11.3. The van der Waals surface area contributed by atoms with Gasteiger partial charge in [0.05, 0.1) is 12.0 Å². The molecule has 1 aromatic carbocycles. The molecule has 0 bridgehead atoms. The topological polar surface area (TPSA) is 93.2 Å². The molecular formula is C12H10N2O4. The van der Waals surface area contributed by atoms with E-state index < -0.39 is 10.9 Å². The van der Waals surface area contributed by atoms with Crippen molar-refractivity contribution < 1.29 is 14.5 Å². The molecule has 0 saturated carbocycles. The third-order valence-corrected chi connectivity index (χ3v) is 2.39. The van der Waals surface area contributed by atoms with Crippen LogP contribution in [0.3, 0.4) is 0 Å². The van der Waals surface area contributed by atoms with Gasteiger partial charge in [-0.15, -0.1) is 0 Å². The molecule has 0 atom stereocenters. The van der Waals surface area contributed by atoms with Crippen molar-refractivity contribution in [3.8, 4) is 6.07 Å². The van der Waals surface area contributed by atoms with Gasteiger partial charge in [-0.1, -0.05) is 0 Å². The number of allylic oxidation sites excluding steroid dienone is 1. The highest BCUT2D eigenvalue weighted by Gasteiger charge is 2.14. The van der Waals surface area contributed by atoms with Gasteiger partial charge < -0.3 is 4.74 Å². The Morgan fingerprint density at radius 3 is 2.33 bits per heavy atom. The maximum atomic E-state index is 11.3. The Morgan fingerprint density at radius 1 is 1.39 bits per heavy atom. The second kappa shape index (κ2) is 5.59. The van der Waals surface area contributed by atoms with Crippen LogP contribution in [0.25, 0.3) is 5.57 Å². The zero-order valence-electron chi connectivity index (χ0n) is 9.84. The summed E-state index contributed by atoms with van der Waals surface area (Å²) in [7, 11) is 1.18. The Balaban J connectivity index is 3.21. The fourth-order valence-electron chi connectivity index (χ4n) is 1.36. The lowest BCUT2D eigenvalue weighted by Gasteiger charge is -2.04. The normalized spacial score (nSPS) is 11.2. The Labute approximate surface area is 103 Å². The van der Waals surface area contributed by atoms with Crippen LogP contribution in [-0.2, 0) is 9.53 Å². The van der Waals surface area contributed by atoms with Gasteiger partial charge in [0.15, 0.2) is 0 Å². The summed E-state index contributed by atoms with van der Waals surface area (Å²) in [6.07, 6.45) is 0. The molecule has 0 radical (unpaired) electrons. The number of benzene rings is 1. The molecule has 6 heteroatoms. The molecule has 0 spiro atoms. The second-order valence-corrected chi connectivity index (χ2v) is 3.41. The SMILES string of the molecule is COC(=O)/C(C#N)=C(/C)c1ccc([N+](=O)[O-])cc1. The van der Waals surface area contributed by atoms with Crippen molar-refractivity contribution in [2.75, 3.05) is 7.11 Å². The molecule has 0 aliphatic rings. The number of nitro benzene ring substituents is 1. The summed E-state index contributed by atoms with van der Waals surface area (Å²) in [5, 5.41) is 19.4. The number of nitrogens with zero attached hydrogens (tertiary/aromatic N) is 2. The molecule has 0 aromatic heterocycles. The van der Waals surface area contributed by atoms with Crippen LogP contribution in [0.1, 0.15) is 12.5 Å². The molecule has 0 saturated heterocycles. The summed E-state index contributed by atoms with van der Waals surface area (Å²) >= 11 is 0. The fraction of sp³-hybridized carbons (Fsp3) is 0.167. The summed E-state index contributed by atoms with van der Waals surface area (Å²) in [6.45, 7) is 1.58. The predicted octanol–water partition coefficient (Wildman–Crippen LogP) is 2.06. The average Bonchev–Trinajstić information content (AvgIpc) is 2.39. The largest absolute Gasteiger partial charge is 0.465 e. The van der Waals surface area contributed by atoms with E-state index in [2.05, 4.69) is 4.74 Å². The van der Waals surface area contributed by atoms with Crippen LogP contribution in [0.15, 0.2) is 29.8 Å². The van der Waals surface area contributed by atoms with Crippen molar-refractivity contribution in [3.05, 3.63) is 45.5 Å². The number of hydrogen-bond donors (Lipinski definition) is 0. The van der Waals surface area contributed by atoms with Gasteiger partial charge in [-0.3, -0.25) is 10.1 Å². The van der Waals surface area contributed by atoms with Gasteiger partial charge in [0, 0.05) is 12.1 Å². The van der Waals surface area contributed by atoms with Gasteiger partial charge in [-0.25, -0.2) is 4.79 Å². The van der Waals surface area contributed by atoms with Crippen LogP contribution in [-0.4, -0.2) is 18.0 Å². The highest BCUT2D eigenvalue weighted by molar-refractivity contribution is 6.01. The number of rotatable bonds is 3. The molecule has 0 aliphatic heterocycles. The number of ether oxygens (including phenoxy) is 1. The van der Waals surface area contributed by atoms with Gasteiger partial charge in [0.2, 0.25) is 0 Å². The highest BCUT2D eigenvalue weighted by Crippen LogP contribution is 2.21. The smallest absolute Gasteiger partial charge is 0.348 e. The van der Waals surface area contributed by atoms with E-state index >= 15 is 0 Å². The first-order valence-corrected chi connectivity index (χ1v) is 4.95.